The summed E-state index contributed by atoms with van der Waals surface area (Å²) in [4.78, 5) is 29.6. The van der Waals surface area contributed by atoms with Gasteiger partial charge in [0.2, 0.25) is 0 Å². The van der Waals surface area contributed by atoms with E-state index in [9.17, 15) is 9.59 Å². The summed E-state index contributed by atoms with van der Waals surface area (Å²) in [6.45, 7) is 1.70. The average molecular weight is 315 g/mol. The average Bonchev–Trinajstić information content (AvgIpc) is 2.99. The van der Waals surface area contributed by atoms with E-state index >= 15 is 0 Å². The van der Waals surface area contributed by atoms with Crippen molar-refractivity contribution in [2.75, 3.05) is 12.4 Å². The summed E-state index contributed by atoms with van der Waals surface area (Å²) in [5.41, 5.74) is 0.793. The third-order valence-corrected chi connectivity index (χ3v) is 3.97. The molecule has 2 heterocycles. The second-order valence-corrected chi connectivity index (χ2v) is 5.49. The Labute approximate surface area is 130 Å². The third-order valence-electron chi connectivity index (χ3n) is 3.22. The van der Waals surface area contributed by atoms with Crippen LogP contribution >= 0.6 is 11.3 Å². The number of carbonyl (C=O) groups is 1. The number of thiazole rings is 1. The molecular weight excluding hydrogens is 302 g/mol. The van der Waals surface area contributed by atoms with E-state index in [0.717, 1.165) is 0 Å². The van der Waals surface area contributed by atoms with Crippen molar-refractivity contribution >= 4 is 27.9 Å². The molecule has 0 aliphatic carbocycles. The molecule has 2 aromatic heterocycles. The number of rotatable bonds is 3. The molecule has 3 rings (SSSR count). The molecule has 0 aliphatic rings. The number of methoxy groups -OCH3 is 1. The maximum Gasteiger partial charge on any atom is 0.282 e. The molecule has 0 spiro atoms. The first-order valence-electron chi connectivity index (χ1n) is 6.52. The van der Waals surface area contributed by atoms with Crippen molar-refractivity contribution in [3.05, 3.63) is 57.5 Å². The Balaban J connectivity index is 1.98. The standard InChI is InChI=1S/C15H13N3O3S/c1-9-12(14(20)18-6-7-22-15(18)16-9)17-13(19)10-4-3-5-11(8-10)21-2/h3-8H,1-2H3,(H,17,19). The van der Waals surface area contributed by atoms with Gasteiger partial charge in [0.1, 0.15) is 11.4 Å². The molecule has 0 saturated carbocycles. The van der Waals surface area contributed by atoms with E-state index in [2.05, 4.69) is 10.3 Å². The van der Waals surface area contributed by atoms with Crippen molar-refractivity contribution in [2.24, 2.45) is 0 Å². The van der Waals surface area contributed by atoms with E-state index in [1.807, 2.05) is 0 Å². The number of amides is 1. The minimum Gasteiger partial charge on any atom is -0.497 e. The minimum absolute atomic E-state index is 0.184. The number of aromatic nitrogens is 2. The summed E-state index contributed by atoms with van der Waals surface area (Å²) < 4.78 is 6.51. The second-order valence-electron chi connectivity index (χ2n) is 4.62. The molecule has 22 heavy (non-hydrogen) atoms. The first-order valence-corrected chi connectivity index (χ1v) is 7.40. The Morgan fingerprint density at radius 1 is 1.41 bits per heavy atom. The van der Waals surface area contributed by atoms with Crippen LogP contribution in [0.4, 0.5) is 5.69 Å². The summed E-state index contributed by atoms with van der Waals surface area (Å²) in [6, 6.07) is 6.73. The maximum absolute atomic E-state index is 12.4. The molecular formula is C15H13N3O3S. The first-order chi connectivity index (χ1) is 10.6. The molecule has 0 aliphatic heterocycles. The normalized spacial score (nSPS) is 10.6. The van der Waals surface area contributed by atoms with Gasteiger partial charge in [0, 0.05) is 17.1 Å². The van der Waals surface area contributed by atoms with Crippen LogP contribution in [0.2, 0.25) is 0 Å². The highest BCUT2D eigenvalue weighted by Crippen LogP contribution is 2.16. The van der Waals surface area contributed by atoms with Gasteiger partial charge in [-0.15, -0.1) is 11.3 Å². The Morgan fingerprint density at radius 2 is 2.23 bits per heavy atom. The highest BCUT2D eigenvalue weighted by molar-refractivity contribution is 7.15. The van der Waals surface area contributed by atoms with Gasteiger partial charge in [-0.25, -0.2) is 4.98 Å². The first kappa shape index (κ1) is 14.3. The molecule has 6 nitrogen and oxygen atoms in total. The van der Waals surface area contributed by atoms with E-state index in [4.69, 9.17) is 4.74 Å². The van der Waals surface area contributed by atoms with Crippen molar-refractivity contribution in [2.45, 2.75) is 6.92 Å². The fraction of sp³-hybridized carbons (Fsp3) is 0.133. The summed E-state index contributed by atoms with van der Waals surface area (Å²) in [6.07, 6.45) is 1.63. The van der Waals surface area contributed by atoms with Gasteiger partial charge in [-0.2, -0.15) is 0 Å². The maximum atomic E-state index is 12.4. The van der Waals surface area contributed by atoms with E-state index in [1.54, 1.807) is 42.8 Å². The van der Waals surface area contributed by atoms with E-state index in [0.29, 0.717) is 22.0 Å². The zero-order chi connectivity index (χ0) is 15.7. The number of carbonyl (C=O) groups excluding carboxylic acids is 1. The van der Waals surface area contributed by atoms with Gasteiger partial charge in [-0.1, -0.05) is 6.07 Å². The topological polar surface area (TPSA) is 72.7 Å². The lowest BCUT2D eigenvalue weighted by Crippen LogP contribution is -2.24. The number of fused-ring (bicyclic) bond motifs is 1. The molecule has 0 bridgehead atoms. The lowest BCUT2D eigenvalue weighted by Gasteiger charge is -2.08. The molecule has 0 saturated heterocycles. The second kappa shape index (κ2) is 5.61. The van der Waals surface area contributed by atoms with Crippen LogP contribution in [0.25, 0.3) is 4.96 Å². The number of hydrogen-bond acceptors (Lipinski definition) is 5. The molecule has 0 fully saturated rings. The van der Waals surface area contributed by atoms with Crippen molar-refractivity contribution < 1.29 is 9.53 Å². The summed E-state index contributed by atoms with van der Waals surface area (Å²) >= 11 is 1.37. The van der Waals surface area contributed by atoms with Gasteiger partial charge in [-0.3, -0.25) is 14.0 Å². The minimum atomic E-state index is -0.379. The Kier molecular flexibility index (Phi) is 3.64. The monoisotopic (exact) mass is 315 g/mol. The van der Waals surface area contributed by atoms with Crippen molar-refractivity contribution in [1.29, 1.82) is 0 Å². The van der Waals surface area contributed by atoms with Gasteiger partial charge in [0.15, 0.2) is 4.96 Å². The number of nitrogens with one attached hydrogen (secondary N) is 1. The van der Waals surface area contributed by atoms with Gasteiger partial charge < -0.3 is 10.1 Å². The molecule has 0 atom stereocenters. The zero-order valence-corrected chi connectivity index (χ0v) is 12.8. The summed E-state index contributed by atoms with van der Waals surface area (Å²) in [5.74, 6) is 0.198. The van der Waals surface area contributed by atoms with E-state index < -0.39 is 0 Å². The predicted octanol–water partition coefficient (Wildman–Crippen LogP) is 2.33. The Morgan fingerprint density at radius 3 is 3.00 bits per heavy atom. The number of ether oxygens (including phenoxy) is 1. The Hall–Kier alpha value is -2.67. The number of nitrogens with zero attached hydrogens (tertiary/aromatic N) is 2. The number of hydrogen-bond donors (Lipinski definition) is 1. The summed E-state index contributed by atoms with van der Waals surface area (Å²) in [5, 5.41) is 4.42. The zero-order valence-electron chi connectivity index (χ0n) is 12.0. The lowest BCUT2D eigenvalue weighted by molar-refractivity contribution is 0.102. The molecule has 1 amide bonds. The van der Waals surface area contributed by atoms with E-state index in [1.165, 1.54) is 22.8 Å². The number of aryl methyl sites for hydroxylation is 1. The molecule has 0 radical (unpaired) electrons. The summed E-state index contributed by atoms with van der Waals surface area (Å²) in [7, 11) is 1.53. The molecule has 3 aromatic rings. The largest absolute Gasteiger partial charge is 0.497 e. The van der Waals surface area contributed by atoms with Crippen LogP contribution in [-0.4, -0.2) is 22.4 Å². The van der Waals surface area contributed by atoms with Crippen LogP contribution in [0.3, 0.4) is 0 Å². The highest BCUT2D eigenvalue weighted by Gasteiger charge is 2.14. The third kappa shape index (κ3) is 2.46. The number of benzene rings is 1. The lowest BCUT2D eigenvalue weighted by atomic mass is 10.2. The SMILES string of the molecule is COc1cccc(C(=O)Nc2c(C)nc3sccn3c2=O)c1. The van der Waals surface area contributed by atoms with Crippen molar-refractivity contribution in [3.8, 4) is 5.75 Å². The van der Waals surface area contributed by atoms with Crippen LogP contribution < -0.4 is 15.6 Å². The van der Waals surface area contributed by atoms with Crippen LogP contribution in [0.1, 0.15) is 16.1 Å². The van der Waals surface area contributed by atoms with Crippen molar-refractivity contribution in [1.82, 2.24) is 9.38 Å². The molecule has 1 aromatic carbocycles. The van der Waals surface area contributed by atoms with Crippen LogP contribution in [0.5, 0.6) is 5.75 Å². The number of anilines is 1. The van der Waals surface area contributed by atoms with Crippen LogP contribution in [0.15, 0.2) is 40.6 Å². The smallest absolute Gasteiger partial charge is 0.282 e. The van der Waals surface area contributed by atoms with Crippen LogP contribution in [0, 0.1) is 6.92 Å². The Bertz CT molecular complexity index is 914. The fourth-order valence-corrected chi connectivity index (χ4v) is 2.83. The fourth-order valence-electron chi connectivity index (χ4n) is 2.08. The molecule has 7 heteroatoms. The van der Waals surface area contributed by atoms with Crippen LogP contribution in [-0.2, 0) is 0 Å². The van der Waals surface area contributed by atoms with E-state index in [-0.39, 0.29) is 17.2 Å². The molecule has 1 N–H and O–H groups in total. The quantitative estimate of drug-likeness (QED) is 0.805. The van der Waals surface area contributed by atoms with Gasteiger partial charge in [-0.05, 0) is 25.1 Å². The highest BCUT2D eigenvalue weighted by atomic mass is 32.1. The molecule has 0 unspecified atom stereocenters. The molecule has 112 valence electrons. The van der Waals surface area contributed by atoms with Gasteiger partial charge in [0.25, 0.3) is 11.5 Å². The van der Waals surface area contributed by atoms with Crippen molar-refractivity contribution in [3.63, 3.8) is 0 Å². The van der Waals surface area contributed by atoms with Gasteiger partial charge in [0.05, 0.1) is 12.8 Å². The van der Waals surface area contributed by atoms with Gasteiger partial charge >= 0.3 is 0 Å². The predicted molar refractivity (Wildman–Crippen MR) is 85.0 cm³/mol.